The average molecular weight is 335 g/mol. The molecule has 1 aliphatic heterocycles. The molecule has 128 valence electrons. The van der Waals surface area contributed by atoms with E-state index in [2.05, 4.69) is 10.6 Å². The highest BCUT2D eigenvalue weighted by Crippen LogP contribution is 2.17. The summed E-state index contributed by atoms with van der Waals surface area (Å²) in [6.07, 6.45) is 0. The predicted molar refractivity (Wildman–Crippen MR) is 82.1 cm³/mol. The van der Waals surface area contributed by atoms with Gasteiger partial charge >= 0.3 is 12.0 Å². The SMILES string of the molecule is COC(C)(C(=O)O)C(=O)Nc1cccc(CN2C(=O)CNC2=O)c1. The topological polar surface area (TPSA) is 125 Å². The number of rotatable bonds is 6. The van der Waals surface area contributed by atoms with Gasteiger partial charge in [-0.05, 0) is 24.6 Å². The summed E-state index contributed by atoms with van der Waals surface area (Å²) in [5, 5.41) is 14.0. The fourth-order valence-corrected chi connectivity index (χ4v) is 2.07. The highest BCUT2D eigenvalue weighted by molar-refractivity contribution is 6.11. The molecule has 4 amide bonds. The van der Waals surface area contributed by atoms with Crippen molar-refractivity contribution in [3.63, 3.8) is 0 Å². The van der Waals surface area contributed by atoms with Crippen molar-refractivity contribution in [3.05, 3.63) is 29.8 Å². The van der Waals surface area contributed by atoms with E-state index in [-0.39, 0.29) is 19.0 Å². The standard InChI is InChI=1S/C15H17N3O6/c1-15(24-2,13(21)22)12(20)17-10-5-3-4-9(6-10)8-18-11(19)7-16-14(18)23/h3-6H,7-8H2,1-2H3,(H,16,23)(H,17,20)(H,21,22). The minimum Gasteiger partial charge on any atom is -0.479 e. The van der Waals surface area contributed by atoms with Crippen molar-refractivity contribution < 1.29 is 29.0 Å². The van der Waals surface area contributed by atoms with Crippen LogP contribution in [0, 0.1) is 0 Å². The monoisotopic (exact) mass is 335 g/mol. The lowest BCUT2D eigenvalue weighted by Crippen LogP contribution is -2.48. The third-order valence-corrected chi connectivity index (χ3v) is 3.71. The van der Waals surface area contributed by atoms with E-state index in [1.807, 2.05) is 0 Å². The van der Waals surface area contributed by atoms with Crippen LogP contribution in [0.1, 0.15) is 12.5 Å². The Hall–Kier alpha value is -2.94. The average Bonchev–Trinajstić information content (AvgIpc) is 2.86. The number of anilines is 1. The molecule has 1 aromatic carbocycles. The summed E-state index contributed by atoms with van der Waals surface area (Å²) in [7, 11) is 1.13. The summed E-state index contributed by atoms with van der Waals surface area (Å²) in [5.74, 6) is -2.60. The number of hydrogen-bond acceptors (Lipinski definition) is 5. The zero-order chi connectivity index (χ0) is 17.9. The predicted octanol–water partition coefficient (Wildman–Crippen LogP) is 0.167. The molecule has 0 aliphatic carbocycles. The van der Waals surface area contributed by atoms with Crippen LogP contribution in [0.15, 0.2) is 24.3 Å². The Kier molecular flexibility index (Phi) is 4.84. The van der Waals surface area contributed by atoms with Gasteiger partial charge in [-0.25, -0.2) is 9.59 Å². The lowest BCUT2D eigenvalue weighted by atomic mass is 10.1. The second-order valence-corrected chi connectivity index (χ2v) is 5.34. The van der Waals surface area contributed by atoms with Crippen molar-refractivity contribution >= 4 is 29.5 Å². The smallest absolute Gasteiger partial charge is 0.345 e. The minimum absolute atomic E-state index is 0.0416. The summed E-state index contributed by atoms with van der Waals surface area (Å²) >= 11 is 0. The molecule has 1 aliphatic rings. The van der Waals surface area contributed by atoms with Gasteiger partial charge in [-0.2, -0.15) is 0 Å². The Bertz CT molecular complexity index is 688. The van der Waals surface area contributed by atoms with Crippen molar-refractivity contribution in [1.82, 2.24) is 10.2 Å². The number of nitrogens with zero attached hydrogens (tertiary/aromatic N) is 1. The molecule has 1 aromatic rings. The van der Waals surface area contributed by atoms with Crippen molar-refractivity contribution in [3.8, 4) is 0 Å². The number of hydrogen-bond donors (Lipinski definition) is 3. The fraction of sp³-hybridized carbons (Fsp3) is 0.333. The highest BCUT2D eigenvalue weighted by Gasteiger charge is 2.41. The first-order valence-corrected chi connectivity index (χ1v) is 7.05. The van der Waals surface area contributed by atoms with E-state index in [9.17, 15) is 19.2 Å². The van der Waals surface area contributed by atoms with Gasteiger partial charge in [-0.15, -0.1) is 0 Å². The number of methoxy groups -OCH3 is 1. The number of carboxylic acid groups (broad SMARTS) is 1. The molecule has 0 radical (unpaired) electrons. The largest absolute Gasteiger partial charge is 0.479 e. The zero-order valence-electron chi connectivity index (χ0n) is 13.2. The van der Waals surface area contributed by atoms with Gasteiger partial charge in [0.1, 0.15) is 0 Å². The van der Waals surface area contributed by atoms with Crippen LogP contribution in [0.3, 0.4) is 0 Å². The van der Waals surface area contributed by atoms with Crippen molar-refractivity contribution in [2.45, 2.75) is 19.1 Å². The molecule has 1 heterocycles. The van der Waals surface area contributed by atoms with E-state index in [0.717, 1.165) is 18.9 Å². The van der Waals surface area contributed by atoms with Crippen LogP contribution in [-0.4, -0.2) is 53.1 Å². The maximum atomic E-state index is 12.1. The first-order valence-electron chi connectivity index (χ1n) is 7.05. The Morgan fingerprint density at radius 2 is 2.12 bits per heavy atom. The van der Waals surface area contributed by atoms with Crippen molar-refractivity contribution in [1.29, 1.82) is 0 Å². The van der Waals surface area contributed by atoms with Crippen LogP contribution in [0.2, 0.25) is 0 Å². The van der Waals surface area contributed by atoms with E-state index < -0.39 is 23.5 Å². The quantitative estimate of drug-likeness (QED) is 0.502. The van der Waals surface area contributed by atoms with Crippen LogP contribution < -0.4 is 10.6 Å². The van der Waals surface area contributed by atoms with Crippen LogP contribution in [0.25, 0.3) is 0 Å². The Morgan fingerprint density at radius 1 is 1.42 bits per heavy atom. The molecule has 1 saturated heterocycles. The first-order chi connectivity index (χ1) is 11.3. The molecule has 0 saturated carbocycles. The molecule has 0 bridgehead atoms. The molecular formula is C15H17N3O6. The zero-order valence-corrected chi connectivity index (χ0v) is 13.2. The molecule has 0 spiro atoms. The summed E-state index contributed by atoms with van der Waals surface area (Å²) in [6.45, 7) is 1.15. The molecule has 1 atom stereocenters. The second kappa shape index (κ2) is 6.67. The van der Waals surface area contributed by atoms with Crippen molar-refractivity contribution in [2.75, 3.05) is 19.0 Å². The van der Waals surface area contributed by atoms with Crippen LogP contribution in [-0.2, 0) is 25.7 Å². The lowest BCUT2D eigenvalue weighted by Gasteiger charge is -2.22. The fourth-order valence-electron chi connectivity index (χ4n) is 2.07. The van der Waals surface area contributed by atoms with Crippen LogP contribution >= 0.6 is 0 Å². The number of amides is 4. The number of benzene rings is 1. The van der Waals surface area contributed by atoms with E-state index in [1.54, 1.807) is 24.3 Å². The van der Waals surface area contributed by atoms with E-state index in [0.29, 0.717) is 11.3 Å². The molecule has 3 N–H and O–H groups in total. The normalized spacial score (nSPS) is 16.5. The van der Waals surface area contributed by atoms with Crippen LogP contribution in [0.4, 0.5) is 10.5 Å². The molecular weight excluding hydrogens is 318 g/mol. The summed E-state index contributed by atoms with van der Waals surface area (Å²) < 4.78 is 4.78. The number of carboxylic acids is 1. The van der Waals surface area contributed by atoms with Crippen LogP contribution in [0.5, 0.6) is 0 Å². The number of carbonyl (C=O) groups is 4. The number of nitrogens with one attached hydrogen (secondary N) is 2. The molecule has 24 heavy (non-hydrogen) atoms. The summed E-state index contributed by atoms with van der Waals surface area (Å²) in [4.78, 5) is 47.5. The van der Waals surface area contributed by atoms with Gasteiger partial charge in [0.15, 0.2) is 0 Å². The molecule has 1 fully saturated rings. The van der Waals surface area contributed by atoms with Gasteiger partial charge in [0.05, 0.1) is 13.1 Å². The maximum absolute atomic E-state index is 12.1. The number of imide groups is 1. The second-order valence-electron chi connectivity index (χ2n) is 5.34. The number of ether oxygens (including phenoxy) is 1. The molecule has 0 aromatic heterocycles. The van der Waals surface area contributed by atoms with Gasteiger partial charge in [-0.3, -0.25) is 14.5 Å². The lowest BCUT2D eigenvalue weighted by molar-refractivity contribution is -0.165. The van der Waals surface area contributed by atoms with Gasteiger partial charge in [0.25, 0.3) is 5.91 Å². The van der Waals surface area contributed by atoms with Gasteiger partial charge in [0, 0.05) is 12.8 Å². The van der Waals surface area contributed by atoms with Gasteiger partial charge in [-0.1, -0.05) is 12.1 Å². The van der Waals surface area contributed by atoms with E-state index >= 15 is 0 Å². The number of aliphatic carboxylic acids is 1. The van der Waals surface area contributed by atoms with E-state index in [1.165, 1.54) is 0 Å². The van der Waals surface area contributed by atoms with Crippen molar-refractivity contribution in [2.24, 2.45) is 0 Å². The van der Waals surface area contributed by atoms with E-state index in [4.69, 9.17) is 9.84 Å². The first kappa shape index (κ1) is 17.4. The third-order valence-electron chi connectivity index (χ3n) is 3.71. The molecule has 1 unspecified atom stereocenters. The Morgan fingerprint density at radius 3 is 2.67 bits per heavy atom. The number of carbonyl (C=O) groups excluding carboxylic acids is 3. The summed E-state index contributed by atoms with van der Waals surface area (Å²) in [5.41, 5.74) is -1.09. The number of urea groups is 1. The molecule has 9 heteroatoms. The molecule has 2 rings (SSSR count). The molecule has 9 nitrogen and oxygen atoms in total. The highest BCUT2D eigenvalue weighted by atomic mass is 16.5. The van der Waals surface area contributed by atoms with Gasteiger partial charge < -0.3 is 20.5 Å². The van der Waals surface area contributed by atoms with Gasteiger partial charge in [0.2, 0.25) is 11.5 Å². The maximum Gasteiger partial charge on any atom is 0.345 e. The Labute approximate surface area is 137 Å². The third kappa shape index (κ3) is 3.35. The minimum atomic E-state index is -2.03. The Balaban J connectivity index is 2.13. The summed E-state index contributed by atoms with van der Waals surface area (Å²) in [6, 6.07) is 5.93.